The maximum Gasteiger partial charge on any atom is 0.416 e. The number of aromatic amines is 1. The Hall–Kier alpha value is -2.11. The molecule has 2 rings (SSSR count). The molecule has 0 amide bonds. The predicted molar refractivity (Wildman–Crippen MR) is 64.8 cm³/mol. The van der Waals surface area contributed by atoms with Crippen LogP contribution < -0.4 is 5.56 Å². The fraction of sp³-hybridized carbons (Fsp3) is 0.231. The fourth-order valence-electron chi connectivity index (χ4n) is 1.62. The van der Waals surface area contributed by atoms with Gasteiger partial charge in [-0.25, -0.2) is 4.98 Å². The molecule has 19 heavy (non-hydrogen) atoms. The molecule has 2 aromatic rings. The van der Waals surface area contributed by atoms with Gasteiger partial charge in [-0.15, -0.1) is 0 Å². The van der Waals surface area contributed by atoms with Gasteiger partial charge in [-0.3, -0.25) is 4.79 Å². The first kappa shape index (κ1) is 13.3. The van der Waals surface area contributed by atoms with Gasteiger partial charge in [0.15, 0.2) is 0 Å². The molecular weight excluding hydrogens is 257 g/mol. The molecule has 0 radical (unpaired) electrons. The number of halogens is 3. The highest BCUT2D eigenvalue weighted by atomic mass is 19.4. The topological polar surface area (TPSA) is 45.8 Å². The van der Waals surface area contributed by atoms with Crippen LogP contribution in [0.4, 0.5) is 13.2 Å². The maximum absolute atomic E-state index is 12.6. The van der Waals surface area contributed by atoms with Crippen molar-refractivity contribution in [2.24, 2.45) is 0 Å². The summed E-state index contributed by atoms with van der Waals surface area (Å²) in [5.74, 6) is 0.138. The summed E-state index contributed by atoms with van der Waals surface area (Å²) in [6.45, 7) is 3.25. The normalized spacial score (nSPS) is 11.6. The van der Waals surface area contributed by atoms with Crippen molar-refractivity contribution in [3.8, 4) is 11.4 Å². The minimum atomic E-state index is -4.42. The van der Waals surface area contributed by atoms with E-state index < -0.39 is 11.7 Å². The molecule has 3 nitrogen and oxygen atoms in total. The summed E-state index contributed by atoms with van der Waals surface area (Å²) < 4.78 is 37.8. The van der Waals surface area contributed by atoms with E-state index in [1.807, 2.05) is 0 Å². The SMILES string of the molecule is Cc1nc(-c2cccc(C(F)(F)F)c2)[nH]c(=O)c1C. The Balaban J connectivity index is 2.57. The number of hydrogen-bond acceptors (Lipinski definition) is 2. The van der Waals surface area contributed by atoms with Crippen molar-refractivity contribution in [2.45, 2.75) is 20.0 Å². The van der Waals surface area contributed by atoms with Crippen LogP contribution in [0.1, 0.15) is 16.8 Å². The molecule has 1 heterocycles. The standard InChI is InChI=1S/C13H11F3N2O/c1-7-8(2)17-11(18-12(7)19)9-4-3-5-10(6-9)13(14,15)16/h3-6H,1-2H3,(H,17,18,19). The van der Waals surface area contributed by atoms with E-state index in [0.29, 0.717) is 11.3 Å². The van der Waals surface area contributed by atoms with Gasteiger partial charge in [-0.05, 0) is 26.0 Å². The third kappa shape index (κ3) is 2.67. The van der Waals surface area contributed by atoms with Gasteiger partial charge in [-0.2, -0.15) is 13.2 Å². The summed E-state index contributed by atoms with van der Waals surface area (Å²) in [4.78, 5) is 18.2. The lowest BCUT2D eigenvalue weighted by molar-refractivity contribution is -0.137. The zero-order valence-corrected chi connectivity index (χ0v) is 10.3. The summed E-state index contributed by atoms with van der Waals surface area (Å²) >= 11 is 0. The van der Waals surface area contributed by atoms with Crippen LogP contribution in [-0.2, 0) is 6.18 Å². The summed E-state index contributed by atoms with van der Waals surface area (Å²) in [5.41, 5.74) is 0.0627. The third-order valence-electron chi connectivity index (χ3n) is 2.86. The zero-order valence-electron chi connectivity index (χ0n) is 10.3. The van der Waals surface area contributed by atoms with Crippen LogP contribution in [0.3, 0.4) is 0 Å². The molecule has 1 N–H and O–H groups in total. The lowest BCUT2D eigenvalue weighted by atomic mass is 10.1. The Bertz CT molecular complexity index is 674. The first-order valence-corrected chi connectivity index (χ1v) is 5.54. The van der Waals surface area contributed by atoms with Gasteiger partial charge < -0.3 is 4.98 Å². The Morgan fingerprint density at radius 3 is 2.47 bits per heavy atom. The first-order chi connectivity index (χ1) is 8.79. The highest BCUT2D eigenvalue weighted by molar-refractivity contribution is 5.56. The molecular formula is C13H11F3N2O. The smallest absolute Gasteiger partial charge is 0.306 e. The van der Waals surface area contributed by atoms with Gasteiger partial charge in [0, 0.05) is 16.8 Å². The molecule has 0 spiro atoms. The number of nitrogens with one attached hydrogen (secondary N) is 1. The van der Waals surface area contributed by atoms with Crippen LogP contribution in [0.2, 0.25) is 0 Å². The third-order valence-corrected chi connectivity index (χ3v) is 2.86. The Kier molecular flexibility index (Phi) is 3.18. The molecule has 6 heteroatoms. The molecule has 100 valence electrons. The summed E-state index contributed by atoms with van der Waals surface area (Å²) in [5, 5.41) is 0. The monoisotopic (exact) mass is 268 g/mol. The highest BCUT2D eigenvalue weighted by Gasteiger charge is 2.30. The summed E-state index contributed by atoms with van der Waals surface area (Å²) in [6, 6.07) is 4.70. The first-order valence-electron chi connectivity index (χ1n) is 5.54. The van der Waals surface area contributed by atoms with Gasteiger partial charge in [0.05, 0.1) is 5.56 Å². The molecule has 0 aliphatic carbocycles. The average molecular weight is 268 g/mol. The second kappa shape index (κ2) is 4.53. The van der Waals surface area contributed by atoms with E-state index >= 15 is 0 Å². The van der Waals surface area contributed by atoms with Gasteiger partial charge in [0.1, 0.15) is 5.82 Å². The van der Waals surface area contributed by atoms with E-state index in [9.17, 15) is 18.0 Å². The Morgan fingerprint density at radius 2 is 1.89 bits per heavy atom. The van der Waals surface area contributed by atoms with Crippen molar-refractivity contribution in [1.29, 1.82) is 0 Å². The predicted octanol–water partition coefficient (Wildman–Crippen LogP) is 3.07. The van der Waals surface area contributed by atoms with Crippen molar-refractivity contribution in [3.63, 3.8) is 0 Å². The van der Waals surface area contributed by atoms with Crippen molar-refractivity contribution in [1.82, 2.24) is 9.97 Å². The van der Waals surface area contributed by atoms with Crippen LogP contribution in [-0.4, -0.2) is 9.97 Å². The second-order valence-electron chi connectivity index (χ2n) is 4.20. The number of rotatable bonds is 1. The molecule has 0 bridgehead atoms. The van der Waals surface area contributed by atoms with E-state index in [1.165, 1.54) is 12.1 Å². The van der Waals surface area contributed by atoms with Gasteiger partial charge >= 0.3 is 6.18 Å². The largest absolute Gasteiger partial charge is 0.416 e. The minimum Gasteiger partial charge on any atom is -0.306 e. The summed E-state index contributed by atoms with van der Waals surface area (Å²) in [6.07, 6.45) is -4.42. The Labute approximate surface area is 107 Å². The van der Waals surface area contributed by atoms with Gasteiger partial charge in [-0.1, -0.05) is 12.1 Å². The van der Waals surface area contributed by atoms with E-state index in [-0.39, 0.29) is 16.9 Å². The molecule has 0 saturated heterocycles. The van der Waals surface area contributed by atoms with Crippen LogP contribution in [0.25, 0.3) is 11.4 Å². The van der Waals surface area contributed by atoms with Crippen LogP contribution in [0, 0.1) is 13.8 Å². The highest BCUT2D eigenvalue weighted by Crippen LogP contribution is 2.31. The van der Waals surface area contributed by atoms with Gasteiger partial charge in [0.25, 0.3) is 5.56 Å². The van der Waals surface area contributed by atoms with Crippen LogP contribution in [0.15, 0.2) is 29.1 Å². The lowest BCUT2D eigenvalue weighted by Crippen LogP contribution is -2.14. The van der Waals surface area contributed by atoms with Gasteiger partial charge in [0.2, 0.25) is 0 Å². The maximum atomic E-state index is 12.6. The molecule has 1 aromatic carbocycles. The van der Waals surface area contributed by atoms with Crippen molar-refractivity contribution < 1.29 is 13.2 Å². The number of H-pyrrole nitrogens is 1. The molecule has 0 fully saturated rings. The quantitative estimate of drug-likeness (QED) is 0.863. The van der Waals surface area contributed by atoms with Crippen molar-refractivity contribution >= 4 is 0 Å². The van der Waals surface area contributed by atoms with E-state index in [0.717, 1.165) is 12.1 Å². The summed E-state index contributed by atoms with van der Waals surface area (Å²) in [7, 11) is 0. The molecule has 0 atom stereocenters. The number of alkyl halides is 3. The molecule has 1 aromatic heterocycles. The Morgan fingerprint density at radius 1 is 1.21 bits per heavy atom. The zero-order chi connectivity index (χ0) is 14.2. The number of benzene rings is 1. The molecule has 0 aliphatic rings. The van der Waals surface area contributed by atoms with Crippen molar-refractivity contribution in [2.75, 3.05) is 0 Å². The van der Waals surface area contributed by atoms with Crippen LogP contribution >= 0.6 is 0 Å². The number of nitrogens with zero attached hydrogens (tertiary/aromatic N) is 1. The van der Waals surface area contributed by atoms with E-state index in [2.05, 4.69) is 9.97 Å². The molecule has 0 unspecified atom stereocenters. The van der Waals surface area contributed by atoms with Crippen molar-refractivity contribution in [3.05, 3.63) is 51.4 Å². The minimum absolute atomic E-state index is 0.138. The van der Waals surface area contributed by atoms with E-state index in [4.69, 9.17) is 0 Å². The molecule has 0 saturated carbocycles. The number of aryl methyl sites for hydroxylation is 1. The lowest BCUT2D eigenvalue weighted by Gasteiger charge is -2.09. The fourth-order valence-corrected chi connectivity index (χ4v) is 1.62. The van der Waals surface area contributed by atoms with E-state index in [1.54, 1.807) is 13.8 Å². The average Bonchev–Trinajstić information content (AvgIpc) is 2.34. The second-order valence-corrected chi connectivity index (χ2v) is 4.20. The number of hydrogen-bond donors (Lipinski definition) is 1. The molecule has 0 aliphatic heterocycles. The number of aromatic nitrogens is 2. The van der Waals surface area contributed by atoms with Crippen LogP contribution in [0.5, 0.6) is 0 Å².